The largest absolute Gasteiger partial charge is 0.493 e. The Bertz CT molecular complexity index is 1420. The molecular weight excluding hydrogens is 488 g/mol. The van der Waals surface area contributed by atoms with Gasteiger partial charge in [-0.3, -0.25) is 0 Å². The summed E-state index contributed by atoms with van der Waals surface area (Å²) < 4.78 is 39.1. The van der Waals surface area contributed by atoms with Crippen molar-refractivity contribution < 1.29 is 53.3 Å². The number of aliphatic hydroxyl groups excluding tert-OH is 2. The fourth-order valence-electron chi connectivity index (χ4n) is 4.90. The van der Waals surface area contributed by atoms with Gasteiger partial charge in [0, 0.05) is 16.5 Å². The van der Waals surface area contributed by atoms with E-state index in [1.165, 1.54) is 14.2 Å². The number of esters is 1. The van der Waals surface area contributed by atoms with Gasteiger partial charge in [-0.05, 0) is 35.2 Å². The van der Waals surface area contributed by atoms with Crippen LogP contribution in [0.4, 0.5) is 0 Å². The second kappa shape index (κ2) is 8.67. The summed E-state index contributed by atoms with van der Waals surface area (Å²) in [6.45, 7) is -1.04. The third kappa shape index (κ3) is 3.54. The molecule has 194 valence electrons. The van der Waals surface area contributed by atoms with E-state index >= 15 is 0 Å². The summed E-state index contributed by atoms with van der Waals surface area (Å²) in [5.41, 5.74) is 0.0726. The summed E-state index contributed by atoms with van der Waals surface area (Å²) in [5.74, 6) is 1.62. The number of carbonyl (C=O) groups excluding carboxylic acids is 1. The van der Waals surface area contributed by atoms with E-state index in [1.54, 1.807) is 24.3 Å². The number of hydrogen-bond donors (Lipinski definition) is 3. The van der Waals surface area contributed by atoms with Crippen molar-refractivity contribution >= 4 is 16.7 Å². The second-order valence-electron chi connectivity index (χ2n) is 8.96. The molecule has 1 fully saturated rings. The van der Waals surface area contributed by atoms with Gasteiger partial charge in [0.05, 0.1) is 33.0 Å². The highest BCUT2D eigenvalue weighted by Gasteiger charge is 2.50. The van der Waals surface area contributed by atoms with Crippen LogP contribution in [0.15, 0.2) is 30.3 Å². The van der Waals surface area contributed by atoms with Gasteiger partial charge in [-0.25, -0.2) is 4.79 Å². The Hall–Kier alpha value is -3.77. The first-order chi connectivity index (χ1) is 17.9. The molecule has 11 nitrogen and oxygen atoms in total. The second-order valence-corrected chi connectivity index (χ2v) is 8.96. The molecule has 3 atom stereocenters. The van der Waals surface area contributed by atoms with Crippen LogP contribution in [0, 0.1) is 0 Å². The van der Waals surface area contributed by atoms with Gasteiger partial charge in [0.2, 0.25) is 13.1 Å². The zero-order valence-corrected chi connectivity index (χ0v) is 20.0. The van der Waals surface area contributed by atoms with Gasteiger partial charge < -0.3 is 48.5 Å². The molecule has 1 saturated heterocycles. The average Bonchev–Trinajstić information content (AvgIpc) is 3.62. The smallest absolute Gasteiger partial charge is 0.339 e. The summed E-state index contributed by atoms with van der Waals surface area (Å²) in [4.78, 5) is 13.1. The van der Waals surface area contributed by atoms with Crippen molar-refractivity contribution in [1.29, 1.82) is 0 Å². The maximum absolute atomic E-state index is 13.1. The molecule has 0 radical (unpaired) electrons. The number of methoxy groups -OCH3 is 2. The lowest BCUT2D eigenvalue weighted by Gasteiger charge is -2.25. The molecule has 11 heteroatoms. The highest BCUT2D eigenvalue weighted by atomic mass is 16.7. The summed E-state index contributed by atoms with van der Waals surface area (Å²) >= 11 is 0. The monoisotopic (exact) mass is 512 g/mol. The molecule has 37 heavy (non-hydrogen) atoms. The summed E-state index contributed by atoms with van der Waals surface area (Å²) in [7, 11) is 3.00. The lowest BCUT2D eigenvalue weighted by Crippen LogP contribution is -2.48. The predicted octanol–water partition coefficient (Wildman–Crippen LogP) is 1.74. The fourth-order valence-corrected chi connectivity index (χ4v) is 4.90. The first-order valence-electron chi connectivity index (χ1n) is 11.5. The number of fused-ring (bicyclic) bond motifs is 3. The van der Waals surface area contributed by atoms with Crippen molar-refractivity contribution in [2.24, 2.45) is 0 Å². The normalized spacial score (nSPS) is 23.8. The van der Waals surface area contributed by atoms with Crippen LogP contribution in [0.3, 0.4) is 0 Å². The molecular formula is C26H24O11. The van der Waals surface area contributed by atoms with Crippen LogP contribution in [0.1, 0.15) is 15.9 Å². The van der Waals surface area contributed by atoms with Crippen molar-refractivity contribution in [2.45, 2.75) is 24.6 Å². The van der Waals surface area contributed by atoms with Crippen LogP contribution in [0.25, 0.3) is 21.9 Å². The molecule has 0 aliphatic carbocycles. The van der Waals surface area contributed by atoms with Gasteiger partial charge in [0.1, 0.15) is 24.1 Å². The maximum atomic E-state index is 13.1. The number of aliphatic hydroxyl groups is 3. The maximum Gasteiger partial charge on any atom is 0.339 e. The topological polar surface area (TPSA) is 142 Å². The van der Waals surface area contributed by atoms with E-state index in [1.807, 2.05) is 6.07 Å². The Balaban J connectivity index is 1.61. The van der Waals surface area contributed by atoms with Gasteiger partial charge in [-0.2, -0.15) is 0 Å². The third-order valence-corrected chi connectivity index (χ3v) is 6.89. The molecule has 3 aromatic rings. The molecule has 3 aromatic carbocycles. The Kier molecular flexibility index (Phi) is 5.53. The lowest BCUT2D eigenvalue weighted by atomic mass is 9.89. The number of cyclic esters (lactones) is 1. The van der Waals surface area contributed by atoms with Crippen LogP contribution in [0.5, 0.6) is 28.7 Å². The van der Waals surface area contributed by atoms with E-state index in [9.17, 15) is 20.1 Å². The number of carbonyl (C=O) groups is 1. The molecule has 0 bridgehead atoms. The van der Waals surface area contributed by atoms with Crippen molar-refractivity contribution in [1.82, 2.24) is 0 Å². The van der Waals surface area contributed by atoms with Gasteiger partial charge in [0.15, 0.2) is 23.0 Å². The third-order valence-electron chi connectivity index (χ3n) is 6.89. The Morgan fingerprint density at radius 2 is 1.73 bits per heavy atom. The highest BCUT2D eigenvalue weighted by Crippen LogP contribution is 2.49. The molecule has 0 spiro atoms. The minimum atomic E-state index is -1.89. The van der Waals surface area contributed by atoms with Crippen molar-refractivity contribution in [2.75, 3.05) is 34.2 Å². The van der Waals surface area contributed by atoms with E-state index in [0.717, 1.165) is 0 Å². The zero-order chi connectivity index (χ0) is 25.9. The Labute approximate surface area is 210 Å². The van der Waals surface area contributed by atoms with Gasteiger partial charge >= 0.3 is 5.97 Å². The molecule has 0 amide bonds. The SMILES string of the molecule is COc1cc2c(OC3OCC(O)(CO)C3O)c3c(c(-c4ccc5c(c4)OCO5)c2cc1OC)C(=O)OC3. The molecule has 0 saturated carbocycles. The van der Waals surface area contributed by atoms with Gasteiger partial charge in [-0.15, -0.1) is 0 Å². The van der Waals surface area contributed by atoms with Crippen LogP contribution in [-0.2, 0) is 16.1 Å². The molecule has 0 aromatic heterocycles. The van der Waals surface area contributed by atoms with Gasteiger partial charge in [0.25, 0.3) is 0 Å². The van der Waals surface area contributed by atoms with E-state index in [-0.39, 0.29) is 31.3 Å². The van der Waals surface area contributed by atoms with E-state index < -0.39 is 30.6 Å². The molecule has 3 N–H and O–H groups in total. The zero-order valence-electron chi connectivity index (χ0n) is 20.0. The van der Waals surface area contributed by atoms with Crippen LogP contribution < -0.4 is 23.7 Å². The predicted molar refractivity (Wildman–Crippen MR) is 126 cm³/mol. The average molecular weight is 512 g/mol. The van der Waals surface area contributed by atoms with Crippen molar-refractivity contribution in [3.63, 3.8) is 0 Å². The van der Waals surface area contributed by atoms with Crippen LogP contribution in [-0.4, -0.2) is 73.5 Å². The summed E-state index contributed by atoms with van der Waals surface area (Å²) in [6.07, 6.45) is -2.86. The van der Waals surface area contributed by atoms with Crippen molar-refractivity contribution in [3.05, 3.63) is 41.5 Å². The molecule has 3 aliphatic rings. The lowest BCUT2D eigenvalue weighted by molar-refractivity contribution is -0.115. The van der Waals surface area contributed by atoms with Crippen LogP contribution >= 0.6 is 0 Å². The minimum absolute atomic E-state index is 0.0849. The Morgan fingerprint density at radius 3 is 2.43 bits per heavy atom. The van der Waals surface area contributed by atoms with Crippen molar-refractivity contribution in [3.8, 4) is 39.9 Å². The highest BCUT2D eigenvalue weighted by molar-refractivity contribution is 6.14. The first-order valence-corrected chi connectivity index (χ1v) is 11.5. The molecule has 6 rings (SSSR count). The molecule has 3 aliphatic heterocycles. The van der Waals surface area contributed by atoms with E-state index in [2.05, 4.69) is 0 Å². The molecule has 3 heterocycles. The minimum Gasteiger partial charge on any atom is -0.493 e. The van der Waals surface area contributed by atoms with E-state index in [4.69, 9.17) is 33.2 Å². The molecule has 3 unspecified atom stereocenters. The van der Waals surface area contributed by atoms with Gasteiger partial charge in [-0.1, -0.05) is 6.07 Å². The summed E-state index contributed by atoms with van der Waals surface area (Å²) in [5, 5.41) is 31.7. The van der Waals surface area contributed by atoms with E-state index in [0.29, 0.717) is 50.5 Å². The number of rotatable bonds is 6. The quantitative estimate of drug-likeness (QED) is 0.416. The summed E-state index contributed by atoms with van der Waals surface area (Å²) in [6, 6.07) is 8.78. The number of benzene rings is 3. The Morgan fingerprint density at radius 1 is 1.00 bits per heavy atom. The number of hydrogen-bond acceptors (Lipinski definition) is 11. The first kappa shape index (κ1) is 23.6. The fraction of sp³-hybridized carbons (Fsp3) is 0.346. The number of ether oxygens (including phenoxy) is 7. The standard InChI is InChI=1S/C26H24O11/c1-31-17-6-13-14(7-18(17)32-2)22(37-25-23(28)26(30,9-27)10-34-25)15-8-33-24(29)21(15)20(13)12-3-4-16-19(5-12)36-11-35-16/h3-7,23,25,27-28,30H,8-11H2,1-2H3. The van der Waals surface area contributed by atoms with Crippen LogP contribution in [0.2, 0.25) is 0 Å².